The third-order valence-electron chi connectivity index (χ3n) is 6.96. The van der Waals surface area contributed by atoms with Gasteiger partial charge in [0.15, 0.2) is 5.13 Å². The van der Waals surface area contributed by atoms with Gasteiger partial charge in [-0.25, -0.2) is 4.98 Å². The highest BCUT2D eigenvalue weighted by Gasteiger charge is 2.55. The van der Waals surface area contributed by atoms with E-state index in [1.165, 1.54) is 38.5 Å². The van der Waals surface area contributed by atoms with Crippen LogP contribution < -0.4 is 4.90 Å². The first-order valence-corrected chi connectivity index (χ1v) is 10.5. The number of aromatic nitrogens is 1. The van der Waals surface area contributed by atoms with Crippen molar-refractivity contribution in [2.24, 2.45) is 23.2 Å². The number of hydrogen-bond donors (Lipinski definition) is 0. The lowest BCUT2D eigenvalue weighted by Crippen LogP contribution is -2.55. The van der Waals surface area contributed by atoms with E-state index in [1.807, 2.05) is 11.6 Å². The summed E-state index contributed by atoms with van der Waals surface area (Å²) in [4.78, 5) is 22.5. The molecule has 1 amide bonds. The molecule has 0 N–H and O–H groups in total. The summed E-state index contributed by atoms with van der Waals surface area (Å²) in [7, 11) is 0. The highest BCUT2D eigenvalue weighted by atomic mass is 32.1. The quantitative estimate of drug-likeness (QED) is 0.824. The molecule has 4 aliphatic carbocycles. The van der Waals surface area contributed by atoms with Gasteiger partial charge >= 0.3 is 0 Å². The molecule has 1 aromatic rings. The van der Waals surface area contributed by atoms with Crippen LogP contribution in [0.1, 0.15) is 44.9 Å². The fraction of sp³-hybridized carbons (Fsp3) is 0.789. The molecule has 0 radical (unpaired) electrons. The fourth-order valence-corrected chi connectivity index (χ4v) is 7.09. The summed E-state index contributed by atoms with van der Waals surface area (Å²) in [6.07, 6.45) is 10.7. The molecule has 4 bridgehead atoms. The van der Waals surface area contributed by atoms with Gasteiger partial charge in [0.25, 0.3) is 0 Å². The maximum absolute atomic E-state index is 13.5. The Hall–Kier alpha value is -1.10. The Labute approximate surface area is 148 Å². The van der Waals surface area contributed by atoms with Crippen LogP contribution in [-0.4, -0.2) is 42.0 Å². The molecule has 0 aromatic carbocycles. The van der Waals surface area contributed by atoms with Crippen LogP contribution in [0, 0.1) is 23.2 Å². The number of amides is 1. The van der Waals surface area contributed by atoms with Crippen molar-refractivity contribution < 1.29 is 4.79 Å². The topological polar surface area (TPSA) is 36.4 Å². The van der Waals surface area contributed by atoms with Crippen molar-refractivity contribution in [3.8, 4) is 0 Å². The van der Waals surface area contributed by atoms with Gasteiger partial charge in [0.05, 0.1) is 5.41 Å². The van der Waals surface area contributed by atoms with E-state index in [0.717, 1.165) is 55.5 Å². The Morgan fingerprint density at radius 2 is 1.75 bits per heavy atom. The Morgan fingerprint density at radius 1 is 1.04 bits per heavy atom. The van der Waals surface area contributed by atoms with Gasteiger partial charge in [-0.2, -0.15) is 0 Å². The fourth-order valence-electron chi connectivity index (χ4n) is 6.39. The molecule has 6 rings (SSSR count). The van der Waals surface area contributed by atoms with E-state index in [4.69, 9.17) is 0 Å². The summed E-state index contributed by atoms with van der Waals surface area (Å²) >= 11 is 1.71. The molecule has 1 aliphatic heterocycles. The van der Waals surface area contributed by atoms with Crippen LogP contribution in [0.2, 0.25) is 0 Å². The molecule has 4 nitrogen and oxygen atoms in total. The molecule has 24 heavy (non-hydrogen) atoms. The van der Waals surface area contributed by atoms with Crippen molar-refractivity contribution in [2.45, 2.75) is 44.9 Å². The maximum Gasteiger partial charge on any atom is 0.228 e. The number of hydrogen-bond acceptors (Lipinski definition) is 4. The van der Waals surface area contributed by atoms with E-state index in [-0.39, 0.29) is 5.41 Å². The average Bonchev–Trinajstić information content (AvgIpc) is 2.98. The summed E-state index contributed by atoms with van der Waals surface area (Å²) in [5.74, 6) is 3.04. The van der Waals surface area contributed by atoms with Crippen LogP contribution in [0.4, 0.5) is 5.13 Å². The monoisotopic (exact) mass is 345 g/mol. The molecule has 0 spiro atoms. The predicted octanol–water partition coefficient (Wildman–Crippen LogP) is 3.40. The minimum Gasteiger partial charge on any atom is -0.346 e. The van der Waals surface area contributed by atoms with Crippen LogP contribution in [0.15, 0.2) is 11.6 Å². The van der Waals surface area contributed by atoms with Crippen molar-refractivity contribution in [1.82, 2.24) is 9.88 Å². The maximum atomic E-state index is 13.5. The molecule has 0 atom stereocenters. The summed E-state index contributed by atoms with van der Waals surface area (Å²) in [6, 6.07) is 0. The van der Waals surface area contributed by atoms with Gasteiger partial charge in [-0.3, -0.25) is 4.79 Å². The van der Waals surface area contributed by atoms with Crippen molar-refractivity contribution in [2.75, 3.05) is 31.1 Å². The van der Waals surface area contributed by atoms with Crippen LogP contribution in [0.25, 0.3) is 0 Å². The molecule has 1 saturated heterocycles. The molecule has 130 valence electrons. The Morgan fingerprint density at radius 3 is 2.38 bits per heavy atom. The van der Waals surface area contributed by atoms with Gasteiger partial charge in [-0.05, 0) is 62.7 Å². The minimum atomic E-state index is 0.0190. The second-order valence-electron chi connectivity index (χ2n) is 8.65. The second-order valence-corrected chi connectivity index (χ2v) is 9.52. The molecular formula is C19H27N3OS. The molecule has 0 unspecified atom stereocenters. The molecule has 1 aromatic heterocycles. The SMILES string of the molecule is O=C(N1CCCN(c2nccs2)CC1)C12CC3CC(CC(C3)C1)C2. The molecule has 2 heterocycles. The molecule has 4 saturated carbocycles. The third-order valence-corrected chi connectivity index (χ3v) is 7.80. The van der Waals surface area contributed by atoms with Gasteiger partial charge in [0.1, 0.15) is 0 Å². The van der Waals surface area contributed by atoms with Crippen LogP contribution >= 0.6 is 11.3 Å². The average molecular weight is 346 g/mol. The predicted molar refractivity (Wildman–Crippen MR) is 96.1 cm³/mol. The third kappa shape index (κ3) is 2.47. The van der Waals surface area contributed by atoms with Crippen molar-refractivity contribution in [3.63, 3.8) is 0 Å². The number of rotatable bonds is 2. The highest BCUT2D eigenvalue weighted by Crippen LogP contribution is 2.60. The number of carbonyl (C=O) groups excluding carboxylic acids is 1. The van der Waals surface area contributed by atoms with Crippen LogP contribution in [0.3, 0.4) is 0 Å². The van der Waals surface area contributed by atoms with Gasteiger partial charge in [-0.1, -0.05) is 0 Å². The lowest BCUT2D eigenvalue weighted by Gasteiger charge is -2.56. The van der Waals surface area contributed by atoms with Gasteiger partial charge in [0.2, 0.25) is 5.91 Å². The zero-order valence-electron chi connectivity index (χ0n) is 14.3. The van der Waals surface area contributed by atoms with E-state index in [9.17, 15) is 4.79 Å². The number of carbonyl (C=O) groups is 1. The van der Waals surface area contributed by atoms with Crippen LogP contribution in [-0.2, 0) is 4.79 Å². The molecule has 5 aliphatic rings. The first-order chi connectivity index (χ1) is 11.7. The number of anilines is 1. The normalized spacial score (nSPS) is 38.4. The van der Waals surface area contributed by atoms with Crippen molar-refractivity contribution in [3.05, 3.63) is 11.6 Å². The number of thiazole rings is 1. The lowest BCUT2D eigenvalue weighted by molar-refractivity contribution is -0.157. The van der Waals surface area contributed by atoms with Gasteiger partial charge in [-0.15, -0.1) is 11.3 Å². The number of nitrogens with zero attached hydrogens (tertiary/aromatic N) is 3. The van der Waals surface area contributed by atoms with E-state index in [2.05, 4.69) is 14.8 Å². The Balaban J connectivity index is 1.31. The Bertz CT molecular complexity index is 579. The first kappa shape index (κ1) is 15.2. The standard InChI is InChI=1S/C19H27N3OS/c23-17(19-11-14-8-15(12-19)10-16(9-14)13-19)21-3-1-4-22(6-5-21)18-20-2-7-24-18/h2,7,14-16H,1,3-6,8-13H2. The summed E-state index contributed by atoms with van der Waals surface area (Å²) in [6.45, 7) is 3.77. The van der Waals surface area contributed by atoms with E-state index < -0.39 is 0 Å². The molecule has 5 heteroatoms. The second kappa shape index (κ2) is 5.72. The largest absolute Gasteiger partial charge is 0.346 e. The van der Waals surface area contributed by atoms with Crippen molar-refractivity contribution >= 4 is 22.4 Å². The van der Waals surface area contributed by atoms with Crippen LogP contribution in [0.5, 0.6) is 0 Å². The lowest BCUT2D eigenvalue weighted by atomic mass is 9.49. The summed E-state index contributed by atoms with van der Waals surface area (Å²) in [5.41, 5.74) is 0.0190. The van der Waals surface area contributed by atoms with Gasteiger partial charge < -0.3 is 9.80 Å². The van der Waals surface area contributed by atoms with E-state index in [0.29, 0.717) is 5.91 Å². The summed E-state index contributed by atoms with van der Waals surface area (Å²) in [5, 5.41) is 3.15. The zero-order valence-corrected chi connectivity index (χ0v) is 15.1. The molecule has 5 fully saturated rings. The first-order valence-electron chi connectivity index (χ1n) is 9.66. The van der Waals surface area contributed by atoms with Gasteiger partial charge in [0, 0.05) is 37.8 Å². The summed E-state index contributed by atoms with van der Waals surface area (Å²) < 4.78 is 0. The minimum absolute atomic E-state index is 0.0190. The zero-order chi connectivity index (χ0) is 16.1. The van der Waals surface area contributed by atoms with E-state index in [1.54, 1.807) is 11.3 Å². The smallest absolute Gasteiger partial charge is 0.228 e. The Kier molecular flexibility index (Phi) is 3.62. The highest BCUT2D eigenvalue weighted by molar-refractivity contribution is 7.13. The molecular weight excluding hydrogens is 318 g/mol. The van der Waals surface area contributed by atoms with E-state index >= 15 is 0 Å². The van der Waals surface area contributed by atoms with Crippen molar-refractivity contribution in [1.29, 1.82) is 0 Å².